The van der Waals surface area contributed by atoms with Crippen LogP contribution in [0.15, 0.2) is 22.0 Å². The van der Waals surface area contributed by atoms with Gasteiger partial charge in [-0.1, -0.05) is 25.1 Å². The molecule has 21 heavy (non-hydrogen) atoms. The van der Waals surface area contributed by atoms with Gasteiger partial charge in [0, 0.05) is 24.3 Å². The lowest BCUT2D eigenvalue weighted by molar-refractivity contribution is -0.130. The quantitative estimate of drug-likeness (QED) is 0.788. The molecule has 2 heterocycles. The van der Waals surface area contributed by atoms with Crippen LogP contribution in [0.5, 0.6) is 0 Å². The van der Waals surface area contributed by atoms with Gasteiger partial charge in [-0.05, 0) is 24.3 Å². The molecule has 0 aromatic carbocycles. The van der Waals surface area contributed by atoms with E-state index in [-0.39, 0.29) is 11.8 Å². The minimum atomic E-state index is 0.107. The van der Waals surface area contributed by atoms with E-state index in [4.69, 9.17) is 4.52 Å². The predicted molar refractivity (Wildman–Crippen MR) is 82.1 cm³/mol. The summed E-state index contributed by atoms with van der Waals surface area (Å²) in [5.41, 5.74) is 0. The highest BCUT2D eigenvalue weighted by atomic mass is 32.1. The van der Waals surface area contributed by atoms with Crippen LogP contribution in [0.25, 0.3) is 0 Å². The number of amides is 1. The summed E-state index contributed by atoms with van der Waals surface area (Å²) in [7, 11) is 1.77. The summed E-state index contributed by atoms with van der Waals surface area (Å²) in [6.07, 6.45) is 2.36. The molecule has 114 valence electrons. The number of carbonyl (C=O) groups excluding carboxylic acids is 1. The van der Waals surface area contributed by atoms with Gasteiger partial charge in [-0.3, -0.25) is 4.79 Å². The van der Waals surface area contributed by atoms with Crippen LogP contribution in [0.2, 0.25) is 0 Å². The summed E-state index contributed by atoms with van der Waals surface area (Å²) in [4.78, 5) is 19.3. The lowest BCUT2D eigenvalue weighted by atomic mass is 10.2. The second kappa shape index (κ2) is 7.36. The maximum atomic E-state index is 12.1. The fourth-order valence-corrected chi connectivity index (χ4v) is 2.67. The third-order valence-corrected chi connectivity index (χ3v) is 4.13. The first kappa shape index (κ1) is 15.7. The molecule has 0 atom stereocenters. The summed E-state index contributed by atoms with van der Waals surface area (Å²) in [5, 5.41) is 5.96. The predicted octanol–water partition coefficient (Wildman–Crippen LogP) is 3.24. The van der Waals surface area contributed by atoms with Crippen molar-refractivity contribution < 1.29 is 9.32 Å². The van der Waals surface area contributed by atoms with Crippen molar-refractivity contribution in [3.63, 3.8) is 0 Å². The minimum absolute atomic E-state index is 0.107. The number of carbonyl (C=O) groups is 1. The van der Waals surface area contributed by atoms with Crippen molar-refractivity contribution in [3.05, 3.63) is 34.1 Å². The van der Waals surface area contributed by atoms with E-state index in [1.54, 1.807) is 23.3 Å². The second-order valence-corrected chi connectivity index (χ2v) is 6.42. The molecule has 2 aromatic rings. The van der Waals surface area contributed by atoms with Crippen LogP contribution in [-0.4, -0.2) is 28.0 Å². The molecule has 0 aliphatic carbocycles. The largest absolute Gasteiger partial charge is 0.337 e. The van der Waals surface area contributed by atoms with E-state index < -0.39 is 0 Å². The van der Waals surface area contributed by atoms with Gasteiger partial charge >= 0.3 is 0 Å². The number of aromatic nitrogens is 2. The first-order chi connectivity index (χ1) is 10.1. The van der Waals surface area contributed by atoms with Crippen molar-refractivity contribution in [2.75, 3.05) is 7.05 Å². The molecule has 0 unspecified atom stereocenters. The summed E-state index contributed by atoms with van der Waals surface area (Å²) >= 11 is 1.73. The van der Waals surface area contributed by atoms with Crippen LogP contribution in [0.3, 0.4) is 0 Å². The van der Waals surface area contributed by atoms with Crippen LogP contribution in [0.1, 0.15) is 49.2 Å². The van der Waals surface area contributed by atoms with Gasteiger partial charge in [0.15, 0.2) is 5.82 Å². The zero-order valence-corrected chi connectivity index (χ0v) is 13.5. The Labute approximate surface area is 129 Å². The molecule has 1 amide bonds. The molecule has 0 fully saturated rings. The second-order valence-electron chi connectivity index (χ2n) is 5.38. The van der Waals surface area contributed by atoms with Crippen molar-refractivity contribution in [1.29, 1.82) is 0 Å². The van der Waals surface area contributed by atoms with E-state index in [1.807, 2.05) is 19.9 Å². The number of hydrogen-bond donors (Lipinski definition) is 0. The lowest BCUT2D eigenvalue weighted by Gasteiger charge is -2.14. The fraction of sp³-hybridized carbons (Fsp3) is 0.533. The Morgan fingerprint density at radius 2 is 2.29 bits per heavy atom. The monoisotopic (exact) mass is 307 g/mol. The summed E-state index contributed by atoms with van der Waals surface area (Å²) < 4.78 is 5.16. The molecular weight excluding hydrogens is 286 g/mol. The Bertz CT molecular complexity index is 563. The average molecular weight is 307 g/mol. The third-order valence-electron chi connectivity index (χ3n) is 3.19. The molecule has 0 radical (unpaired) electrons. The van der Waals surface area contributed by atoms with Crippen LogP contribution < -0.4 is 0 Å². The summed E-state index contributed by atoms with van der Waals surface area (Å²) in [6, 6.07) is 4.14. The van der Waals surface area contributed by atoms with E-state index in [1.165, 1.54) is 4.88 Å². The number of aryl methyl sites for hydroxylation is 1. The van der Waals surface area contributed by atoms with Gasteiger partial charge in [0.2, 0.25) is 11.8 Å². The molecular formula is C15H21N3O2S. The first-order valence-electron chi connectivity index (χ1n) is 7.15. The molecule has 2 aromatic heterocycles. The Morgan fingerprint density at radius 3 is 2.90 bits per heavy atom. The highest BCUT2D eigenvalue weighted by Gasteiger charge is 2.15. The molecule has 0 saturated heterocycles. The average Bonchev–Trinajstić information content (AvgIpc) is 3.09. The standard InChI is InChI=1S/C15H21N3O2S/c1-11(2)15-16-13(20-17-15)10-18(3)14(19)8-4-6-12-7-5-9-21-12/h5,7,9,11H,4,6,8,10H2,1-3H3. The number of hydrogen-bond acceptors (Lipinski definition) is 5. The van der Waals surface area contributed by atoms with Gasteiger partial charge < -0.3 is 9.42 Å². The Hall–Kier alpha value is -1.69. The first-order valence-corrected chi connectivity index (χ1v) is 8.03. The van der Waals surface area contributed by atoms with Crippen molar-refractivity contribution in [3.8, 4) is 0 Å². The maximum absolute atomic E-state index is 12.1. The van der Waals surface area contributed by atoms with E-state index in [0.29, 0.717) is 24.7 Å². The van der Waals surface area contributed by atoms with Crippen molar-refractivity contribution in [1.82, 2.24) is 15.0 Å². The molecule has 0 N–H and O–H groups in total. The van der Waals surface area contributed by atoms with Gasteiger partial charge in [0.05, 0.1) is 6.54 Å². The van der Waals surface area contributed by atoms with Crippen LogP contribution in [0.4, 0.5) is 0 Å². The zero-order chi connectivity index (χ0) is 15.2. The molecule has 0 bridgehead atoms. The van der Waals surface area contributed by atoms with Crippen LogP contribution >= 0.6 is 11.3 Å². The summed E-state index contributed by atoms with van der Waals surface area (Å²) in [5.74, 6) is 1.52. The van der Waals surface area contributed by atoms with Crippen molar-refractivity contribution in [2.24, 2.45) is 0 Å². The normalized spacial score (nSPS) is 11.0. The van der Waals surface area contributed by atoms with Gasteiger partial charge in [0.25, 0.3) is 0 Å². The molecule has 2 rings (SSSR count). The maximum Gasteiger partial charge on any atom is 0.246 e. The Morgan fingerprint density at radius 1 is 1.48 bits per heavy atom. The zero-order valence-electron chi connectivity index (χ0n) is 12.7. The number of nitrogens with zero attached hydrogens (tertiary/aromatic N) is 3. The molecule has 0 aliphatic heterocycles. The Balaban J connectivity index is 1.76. The van der Waals surface area contributed by atoms with E-state index >= 15 is 0 Å². The third kappa shape index (κ3) is 4.67. The minimum Gasteiger partial charge on any atom is -0.337 e. The van der Waals surface area contributed by atoms with Gasteiger partial charge in [-0.25, -0.2) is 0 Å². The lowest BCUT2D eigenvalue weighted by Crippen LogP contribution is -2.26. The van der Waals surface area contributed by atoms with Crippen LogP contribution in [0, 0.1) is 0 Å². The number of thiophene rings is 1. The van der Waals surface area contributed by atoms with Crippen LogP contribution in [-0.2, 0) is 17.8 Å². The van der Waals surface area contributed by atoms with E-state index in [9.17, 15) is 4.79 Å². The molecule has 0 saturated carbocycles. The van der Waals surface area contributed by atoms with Gasteiger partial charge in [-0.15, -0.1) is 11.3 Å². The topological polar surface area (TPSA) is 59.2 Å². The molecule has 6 heteroatoms. The van der Waals surface area contributed by atoms with E-state index in [2.05, 4.69) is 21.6 Å². The van der Waals surface area contributed by atoms with E-state index in [0.717, 1.165) is 12.8 Å². The highest BCUT2D eigenvalue weighted by Crippen LogP contribution is 2.14. The van der Waals surface area contributed by atoms with Crippen molar-refractivity contribution >= 4 is 17.2 Å². The van der Waals surface area contributed by atoms with Crippen molar-refractivity contribution in [2.45, 2.75) is 45.6 Å². The smallest absolute Gasteiger partial charge is 0.246 e. The van der Waals surface area contributed by atoms with Gasteiger partial charge in [0.1, 0.15) is 0 Å². The fourth-order valence-electron chi connectivity index (χ4n) is 1.92. The molecule has 5 nitrogen and oxygen atoms in total. The molecule has 0 aliphatic rings. The SMILES string of the molecule is CC(C)c1noc(CN(C)C(=O)CCCc2cccs2)n1. The van der Waals surface area contributed by atoms with Gasteiger partial charge in [-0.2, -0.15) is 4.98 Å². The highest BCUT2D eigenvalue weighted by molar-refractivity contribution is 7.09. The summed E-state index contributed by atoms with van der Waals surface area (Å²) in [6.45, 7) is 4.39. The number of rotatable bonds is 7. The Kier molecular flexibility index (Phi) is 5.50. The molecule has 0 spiro atoms.